The maximum Gasteiger partial charge on any atom is 0.250 e. The van der Waals surface area contributed by atoms with Gasteiger partial charge in [0.1, 0.15) is 0 Å². The first-order valence-corrected chi connectivity index (χ1v) is 10.0. The number of nitrogens with one attached hydrogen (secondary N) is 2. The van der Waals surface area contributed by atoms with E-state index in [0.29, 0.717) is 16.9 Å². The number of amides is 2. The molecule has 0 aliphatic carbocycles. The van der Waals surface area contributed by atoms with Crippen molar-refractivity contribution >= 4 is 44.8 Å². The van der Waals surface area contributed by atoms with Crippen LogP contribution in [0.3, 0.4) is 0 Å². The summed E-state index contributed by atoms with van der Waals surface area (Å²) in [5.41, 5.74) is 6.85. The molecular weight excluding hydrogens is 404 g/mol. The zero-order valence-electron chi connectivity index (χ0n) is 15.6. The van der Waals surface area contributed by atoms with Gasteiger partial charge in [0.15, 0.2) is 0 Å². The maximum absolute atomic E-state index is 12.4. The Morgan fingerprint density at radius 3 is 2.32 bits per heavy atom. The topological polar surface area (TPSA) is 122 Å². The molecule has 0 saturated carbocycles. The Labute approximate surface area is 168 Å². The summed E-state index contributed by atoms with van der Waals surface area (Å²) in [4.78, 5) is 23.5. The van der Waals surface area contributed by atoms with E-state index in [1.165, 1.54) is 32.3 Å². The Balaban J connectivity index is 2.08. The number of sulfonamides is 1. The lowest BCUT2D eigenvalue weighted by atomic mass is 10.2. The van der Waals surface area contributed by atoms with Crippen molar-refractivity contribution in [1.29, 1.82) is 0 Å². The Bertz CT molecular complexity index is 1020. The number of aryl methyl sites for hydroxylation is 1. The zero-order chi connectivity index (χ0) is 21.1. The first-order valence-electron chi connectivity index (χ1n) is 8.18. The lowest BCUT2D eigenvalue weighted by Gasteiger charge is -2.15. The van der Waals surface area contributed by atoms with Crippen LogP contribution in [0.5, 0.6) is 0 Å². The van der Waals surface area contributed by atoms with Crippen LogP contribution in [0.15, 0.2) is 41.3 Å². The van der Waals surface area contributed by atoms with Crippen molar-refractivity contribution in [3.05, 3.63) is 52.5 Å². The van der Waals surface area contributed by atoms with Crippen LogP contribution in [-0.2, 0) is 14.8 Å². The second-order valence-electron chi connectivity index (χ2n) is 6.23. The number of nitrogens with zero attached hydrogens (tertiary/aromatic N) is 1. The fourth-order valence-corrected chi connectivity index (χ4v) is 3.78. The minimum atomic E-state index is -3.62. The summed E-state index contributed by atoms with van der Waals surface area (Å²) in [6.07, 6.45) is 0. The number of primary amides is 1. The van der Waals surface area contributed by atoms with E-state index in [2.05, 4.69) is 10.6 Å². The Kier molecular flexibility index (Phi) is 6.65. The van der Waals surface area contributed by atoms with Gasteiger partial charge in [-0.15, -0.1) is 0 Å². The van der Waals surface area contributed by atoms with Gasteiger partial charge >= 0.3 is 0 Å². The number of hydrogen-bond acceptors (Lipinski definition) is 5. The van der Waals surface area contributed by atoms with Gasteiger partial charge in [0.25, 0.3) is 0 Å². The number of hydrogen-bond donors (Lipinski definition) is 3. The van der Waals surface area contributed by atoms with E-state index >= 15 is 0 Å². The third kappa shape index (κ3) is 5.00. The van der Waals surface area contributed by atoms with Crippen LogP contribution in [0.2, 0.25) is 5.02 Å². The highest BCUT2D eigenvalue weighted by Crippen LogP contribution is 2.23. The normalized spacial score (nSPS) is 11.3. The number of benzene rings is 2. The molecule has 2 aromatic rings. The predicted molar refractivity (Wildman–Crippen MR) is 109 cm³/mol. The summed E-state index contributed by atoms with van der Waals surface area (Å²) in [6, 6.07) is 9.20. The van der Waals surface area contributed by atoms with E-state index < -0.39 is 15.9 Å². The van der Waals surface area contributed by atoms with Crippen molar-refractivity contribution in [2.75, 3.05) is 31.3 Å². The van der Waals surface area contributed by atoms with Gasteiger partial charge in [-0.3, -0.25) is 9.59 Å². The van der Waals surface area contributed by atoms with E-state index in [-0.39, 0.29) is 27.9 Å². The summed E-state index contributed by atoms with van der Waals surface area (Å²) in [6.45, 7) is 1.60. The standard InChI is InChI=1S/C18H21ClN4O4S/c1-11-4-5-13(9-16(11)28(26,27)23(2)3)22-17(24)10-21-12-6-7-14(18(20)25)15(19)8-12/h4-9,21H,10H2,1-3H3,(H2,20,25)(H,22,24). The molecule has 4 N–H and O–H groups in total. The van der Waals surface area contributed by atoms with Gasteiger partial charge in [-0.2, -0.15) is 0 Å². The molecule has 0 fully saturated rings. The number of carbonyl (C=O) groups excluding carboxylic acids is 2. The van der Waals surface area contributed by atoms with Gasteiger partial charge in [0, 0.05) is 25.5 Å². The van der Waals surface area contributed by atoms with Gasteiger partial charge in [-0.1, -0.05) is 17.7 Å². The maximum atomic E-state index is 12.4. The monoisotopic (exact) mass is 424 g/mol. The SMILES string of the molecule is Cc1ccc(NC(=O)CNc2ccc(C(N)=O)c(Cl)c2)cc1S(=O)(=O)N(C)C. The predicted octanol–water partition coefficient (Wildman–Crippen LogP) is 2.05. The smallest absolute Gasteiger partial charge is 0.250 e. The largest absolute Gasteiger partial charge is 0.376 e. The first kappa shape index (κ1) is 21.7. The van der Waals surface area contributed by atoms with Crippen LogP contribution in [0.25, 0.3) is 0 Å². The molecule has 0 saturated heterocycles. The van der Waals surface area contributed by atoms with Crippen molar-refractivity contribution in [3.63, 3.8) is 0 Å². The number of anilines is 2. The molecule has 2 amide bonds. The molecule has 0 aliphatic rings. The molecule has 0 heterocycles. The molecule has 2 aromatic carbocycles. The molecule has 2 rings (SSSR count). The van der Waals surface area contributed by atoms with Crippen molar-refractivity contribution < 1.29 is 18.0 Å². The highest BCUT2D eigenvalue weighted by molar-refractivity contribution is 7.89. The highest BCUT2D eigenvalue weighted by atomic mass is 35.5. The summed E-state index contributed by atoms with van der Waals surface area (Å²) in [5, 5.41) is 5.69. The second-order valence-corrected chi connectivity index (χ2v) is 8.76. The fourth-order valence-electron chi connectivity index (χ4n) is 2.36. The van der Waals surface area contributed by atoms with Gasteiger partial charge in [0.2, 0.25) is 21.8 Å². The summed E-state index contributed by atoms with van der Waals surface area (Å²) < 4.78 is 25.8. The number of carbonyl (C=O) groups is 2. The van der Waals surface area contributed by atoms with Gasteiger partial charge < -0.3 is 16.4 Å². The van der Waals surface area contributed by atoms with Crippen molar-refractivity contribution in [2.24, 2.45) is 5.73 Å². The molecule has 8 nitrogen and oxygen atoms in total. The molecule has 28 heavy (non-hydrogen) atoms. The summed E-state index contributed by atoms with van der Waals surface area (Å²) in [7, 11) is -0.737. The Morgan fingerprint density at radius 1 is 1.11 bits per heavy atom. The molecule has 0 aliphatic heterocycles. The van der Waals surface area contributed by atoms with E-state index in [0.717, 1.165) is 4.31 Å². The van der Waals surface area contributed by atoms with E-state index in [9.17, 15) is 18.0 Å². The van der Waals surface area contributed by atoms with Crippen LogP contribution in [-0.4, -0.2) is 45.2 Å². The second kappa shape index (κ2) is 8.59. The Morgan fingerprint density at radius 2 is 1.75 bits per heavy atom. The molecule has 10 heteroatoms. The quantitative estimate of drug-likeness (QED) is 0.627. The third-order valence-corrected chi connectivity index (χ3v) is 6.19. The average Bonchev–Trinajstić information content (AvgIpc) is 2.61. The minimum Gasteiger partial charge on any atom is -0.376 e. The van der Waals surface area contributed by atoms with Crippen LogP contribution < -0.4 is 16.4 Å². The van der Waals surface area contributed by atoms with Crippen molar-refractivity contribution in [1.82, 2.24) is 4.31 Å². The molecule has 0 unspecified atom stereocenters. The number of nitrogens with two attached hydrogens (primary N) is 1. The lowest BCUT2D eigenvalue weighted by Crippen LogP contribution is -2.24. The molecule has 0 aromatic heterocycles. The van der Waals surface area contributed by atoms with Crippen LogP contribution in [0.4, 0.5) is 11.4 Å². The Hall–Kier alpha value is -2.62. The highest BCUT2D eigenvalue weighted by Gasteiger charge is 2.20. The number of rotatable bonds is 7. The number of halogens is 1. The van der Waals surface area contributed by atoms with Crippen LogP contribution in [0, 0.1) is 6.92 Å². The van der Waals surface area contributed by atoms with E-state index in [1.807, 2.05) is 0 Å². The van der Waals surface area contributed by atoms with Crippen LogP contribution in [0.1, 0.15) is 15.9 Å². The van der Waals surface area contributed by atoms with Gasteiger partial charge in [-0.25, -0.2) is 12.7 Å². The fraction of sp³-hybridized carbons (Fsp3) is 0.222. The molecular formula is C18H21ClN4O4S. The van der Waals surface area contributed by atoms with Crippen LogP contribution >= 0.6 is 11.6 Å². The van der Waals surface area contributed by atoms with E-state index in [4.69, 9.17) is 17.3 Å². The summed E-state index contributed by atoms with van der Waals surface area (Å²) >= 11 is 5.97. The zero-order valence-corrected chi connectivity index (χ0v) is 17.2. The first-order chi connectivity index (χ1) is 13.0. The van der Waals surface area contributed by atoms with E-state index in [1.54, 1.807) is 25.1 Å². The van der Waals surface area contributed by atoms with Crippen molar-refractivity contribution in [3.8, 4) is 0 Å². The minimum absolute atomic E-state index is 0.0874. The van der Waals surface area contributed by atoms with Gasteiger partial charge in [0.05, 0.1) is 22.0 Å². The molecule has 150 valence electrons. The molecule has 0 atom stereocenters. The third-order valence-electron chi connectivity index (χ3n) is 3.92. The van der Waals surface area contributed by atoms with Gasteiger partial charge in [-0.05, 0) is 42.8 Å². The summed E-state index contributed by atoms with van der Waals surface area (Å²) in [5.74, 6) is -1.02. The lowest BCUT2D eigenvalue weighted by molar-refractivity contribution is -0.114. The molecule has 0 spiro atoms. The molecule has 0 bridgehead atoms. The average molecular weight is 425 g/mol. The van der Waals surface area contributed by atoms with Crippen molar-refractivity contribution in [2.45, 2.75) is 11.8 Å². The molecule has 0 radical (unpaired) electrons.